The predicted octanol–water partition coefficient (Wildman–Crippen LogP) is 6.50. The van der Waals surface area contributed by atoms with Crippen LogP contribution >= 0.6 is 34.8 Å². The van der Waals surface area contributed by atoms with Gasteiger partial charge in [-0.3, -0.25) is 9.69 Å². The van der Waals surface area contributed by atoms with E-state index in [2.05, 4.69) is 22.0 Å². The fraction of sp³-hybridized carbons (Fsp3) is 0.375. The number of amides is 1. The molecule has 3 aromatic rings. The highest BCUT2D eigenvalue weighted by atomic mass is 35.5. The van der Waals surface area contributed by atoms with E-state index in [-0.39, 0.29) is 5.91 Å². The molecule has 2 aromatic carbocycles. The minimum absolute atomic E-state index is 0.000661. The number of nitrogens with zero attached hydrogens (tertiary/aromatic N) is 2. The average molecular weight is 479 g/mol. The fourth-order valence-corrected chi connectivity index (χ4v) is 5.08. The molecule has 0 aliphatic carbocycles. The van der Waals surface area contributed by atoms with Crippen LogP contribution in [0.15, 0.2) is 42.5 Å². The lowest BCUT2D eigenvalue weighted by Gasteiger charge is -2.35. The fourth-order valence-electron chi connectivity index (χ4n) is 4.41. The quantitative estimate of drug-likeness (QED) is 0.439. The number of carbonyl (C=O) groups excluding carboxylic acids is 1. The van der Waals surface area contributed by atoms with Crippen LogP contribution in [0.1, 0.15) is 35.8 Å². The van der Waals surface area contributed by atoms with E-state index >= 15 is 0 Å². The van der Waals surface area contributed by atoms with Gasteiger partial charge in [0.2, 0.25) is 0 Å². The predicted molar refractivity (Wildman–Crippen MR) is 129 cm³/mol. The van der Waals surface area contributed by atoms with Crippen LogP contribution in [0.5, 0.6) is 0 Å². The van der Waals surface area contributed by atoms with Crippen LogP contribution in [0, 0.1) is 5.92 Å². The highest BCUT2D eigenvalue weighted by molar-refractivity contribution is 6.38. The van der Waals surface area contributed by atoms with E-state index in [4.69, 9.17) is 34.8 Å². The molecule has 31 heavy (non-hydrogen) atoms. The van der Waals surface area contributed by atoms with Crippen LogP contribution in [0.2, 0.25) is 15.1 Å². The van der Waals surface area contributed by atoms with Crippen molar-refractivity contribution >= 4 is 51.6 Å². The molecular formula is C24H26Cl3N3O. The van der Waals surface area contributed by atoms with Crippen LogP contribution < -0.4 is 0 Å². The first kappa shape index (κ1) is 22.5. The highest BCUT2D eigenvalue weighted by Gasteiger charge is 2.25. The summed E-state index contributed by atoms with van der Waals surface area (Å²) in [6, 6.07) is 13.4. The Bertz CT molecular complexity index is 1060. The topological polar surface area (TPSA) is 39.3 Å². The van der Waals surface area contributed by atoms with Crippen LogP contribution in [-0.2, 0) is 6.54 Å². The van der Waals surface area contributed by atoms with Gasteiger partial charge in [-0.2, -0.15) is 0 Å². The average Bonchev–Trinajstić information content (AvgIpc) is 3.18. The Hall–Kier alpha value is -1.72. The first-order valence-electron chi connectivity index (χ1n) is 10.7. The number of benzene rings is 2. The number of hydrogen-bond acceptors (Lipinski definition) is 2. The molecule has 1 aromatic heterocycles. The van der Waals surface area contributed by atoms with Crippen molar-refractivity contribution < 1.29 is 4.79 Å². The summed E-state index contributed by atoms with van der Waals surface area (Å²) in [6.07, 6.45) is 2.28. The van der Waals surface area contributed by atoms with Crippen molar-refractivity contribution in [2.45, 2.75) is 26.3 Å². The molecule has 0 saturated carbocycles. The Morgan fingerprint density at radius 2 is 1.90 bits per heavy atom. The van der Waals surface area contributed by atoms with Gasteiger partial charge >= 0.3 is 0 Å². The SMILES string of the molecule is CCN(CC1CCCN(Cc2ccc(Cl)cc2)C1)C(=O)c1cc2c(Cl)cc(Cl)cc2[nH]1. The number of fused-ring (bicyclic) bond motifs is 1. The zero-order valence-electron chi connectivity index (χ0n) is 17.5. The zero-order chi connectivity index (χ0) is 22.0. The molecule has 1 saturated heterocycles. The molecule has 0 radical (unpaired) electrons. The number of rotatable bonds is 6. The summed E-state index contributed by atoms with van der Waals surface area (Å²) in [7, 11) is 0. The Balaban J connectivity index is 1.42. The summed E-state index contributed by atoms with van der Waals surface area (Å²) >= 11 is 18.4. The molecule has 2 heterocycles. The molecule has 1 fully saturated rings. The van der Waals surface area contributed by atoms with Gasteiger partial charge in [-0.1, -0.05) is 46.9 Å². The molecule has 7 heteroatoms. The molecule has 0 spiro atoms. The number of nitrogens with one attached hydrogen (secondary N) is 1. The van der Waals surface area contributed by atoms with Crippen molar-refractivity contribution in [3.8, 4) is 0 Å². The van der Waals surface area contributed by atoms with E-state index in [1.165, 1.54) is 5.56 Å². The van der Waals surface area contributed by atoms with Gasteiger partial charge < -0.3 is 9.88 Å². The maximum atomic E-state index is 13.2. The number of halogens is 3. The molecule has 1 aliphatic heterocycles. The summed E-state index contributed by atoms with van der Waals surface area (Å²) in [5, 5.41) is 2.68. The van der Waals surface area contributed by atoms with Crippen molar-refractivity contribution in [3.05, 3.63) is 68.8 Å². The number of aromatic nitrogens is 1. The summed E-state index contributed by atoms with van der Waals surface area (Å²) in [5.74, 6) is 0.452. The second-order valence-electron chi connectivity index (χ2n) is 8.25. The lowest BCUT2D eigenvalue weighted by atomic mass is 9.96. The molecule has 4 rings (SSSR count). The van der Waals surface area contributed by atoms with Crippen LogP contribution in [0.3, 0.4) is 0 Å². The van der Waals surface area contributed by atoms with Crippen molar-refractivity contribution in [2.24, 2.45) is 5.92 Å². The minimum Gasteiger partial charge on any atom is -0.350 e. The molecular weight excluding hydrogens is 453 g/mol. The standard InChI is InChI=1S/C24H26Cl3N3O/c1-2-30(24(31)23-12-20-21(27)10-19(26)11-22(20)28-23)15-17-4-3-9-29(14-17)13-16-5-7-18(25)8-6-16/h5-8,10-12,17,28H,2-4,9,13-15H2,1H3. The number of likely N-dealkylation sites (tertiary alicyclic amines) is 1. The minimum atomic E-state index is 0.000661. The van der Waals surface area contributed by atoms with Crippen molar-refractivity contribution in [3.63, 3.8) is 0 Å². The summed E-state index contributed by atoms with van der Waals surface area (Å²) < 4.78 is 0. The molecule has 1 unspecified atom stereocenters. The summed E-state index contributed by atoms with van der Waals surface area (Å²) in [5.41, 5.74) is 2.60. The van der Waals surface area contributed by atoms with Gasteiger partial charge in [0.1, 0.15) is 5.69 Å². The Morgan fingerprint density at radius 1 is 1.13 bits per heavy atom. The Labute approximate surface area is 198 Å². The van der Waals surface area contributed by atoms with Gasteiger partial charge in [-0.15, -0.1) is 0 Å². The zero-order valence-corrected chi connectivity index (χ0v) is 19.8. The highest BCUT2D eigenvalue weighted by Crippen LogP contribution is 2.29. The third-order valence-electron chi connectivity index (χ3n) is 5.95. The maximum absolute atomic E-state index is 13.2. The third kappa shape index (κ3) is 5.38. The molecule has 1 atom stereocenters. The van der Waals surface area contributed by atoms with E-state index < -0.39 is 0 Å². The van der Waals surface area contributed by atoms with Crippen LogP contribution in [-0.4, -0.2) is 46.9 Å². The van der Waals surface area contributed by atoms with Gasteiger partial charge in [-0.05, 0) is 68.1 Å². The van der Waals surface area contributed by atoms with E-state index in [1.807, 2.05) is 30.0 Å². The maximum Gasteiger partial charge on any atom is 0.270 e. The number of hydrogen-bond donors (Lipinski definition) is 1. The van der Waals surface area contributed by atoms with E-state index in [9.17, 15) is 4.79 Å². The van der Waals surface area contributed by atoms with Crippen molar-refractivity contribution in [1.82, 2.24) is 14.8 Å². The van der Waals surface area contributed by atoms with Crippen molar-refractivity contribution in [1.29, 1.82) is 0 Å². The van der Waals surface area contributed by atoms with Gasteiger partial charge in [0.15, 0.2) is 0 Å². The Morgan fingerprint density at radius 3 is 2.65 bits per heavy atom. The second kappa shape index (κ2) is 9.83. The lowest BCUT2D eigenvalue weighted by molar-refractivity contribution is 0.0680. The van der Waals surface area contributed by atoms with Crippen LogP contribution in [0.4, 0.5) is 0 Å². The van der Waals surface area contributed by atoms with Crippen LogP contribution in [0.25, 0.3) is 10.9 Å². The van der Waals surface area contributed by atoms with Crippen molar-refractivity contribution in [2.75, 3.05) is 26.2 Å². The van der Waals surface area contributed by atoms with E-state index in [0.29, 0.717) is 28.2 Å². The second-order valence-corrected chi connectivity index (χ2v) is 9.53. The normalized spacial score (nSPS) is 17.2. The number of carbonyl (C=O) groups is 1. The van der Waals surface area contributed by atoms with E-state index in [1.54, 1.807) is 12.1 Å². The molecule has 4 nitrogen and oxygen atoms in total. The third-order valence-corrected chi connectivity index (χ3v) is 6.74. The smallest absolute Gasteiger partial charge is 0.270 e. The molecule has 1 aliphatic rings. The van der Waals surface area contributed by atoms with Gasteiger partial charge in [0.05, 0.1) is 5.02 Å². The van der Waals surface area contributed by atoms with E-state index in [0.717, 1.165) is 54.9 Å². The number of aromatic amines is 1. The summed E-state index contributed by atoms with van der Waals surface area (Å²) in [6.45, 7) is 6.42. The molecule has 0 bridgehead atoms. The molecule has 1 N–H and O–H groups in total. The van der Waals surface area contributed by atoms with Gasteiger partial charge in [-0.25, -0.2) is 0 Å². The monoisotopic (exact) mass is 477 g/mol. The first-order chi connectivity index (χ1) is 14.9. The summed E-state index contributed by atoms with van der Waals surface area (Å²) in [4.78, 5) is 20.8. The Kier molecular flexibility index (Phi) is 7.12. The van der Waals surface area contributed by atoms with Gasteiger partial charge in [0, 0.05) is 47.1 Å². The largest absolute Gasteiger partial charge is 0.350 e. The lowest BCUT2D eigenvalue weighted by Crippen LogP contribution is -2.42. The molecule has 164 valence electrons. The first-order valence-corrected chi connectivity index (χ1v) is 11.8. The number of piperidine rings is 1. The molecule has 1 amide bonds. The van der Waals surface area contributed by atoms with Gasteiger partial charge in [0.25, 0.3) is 5.91 Å². The number of H-pyrrole nitrogens is 1.